The van der Waals surface area contributed by atoms with Gasteiger partial charge >= 0.3 is 0 Å². The molecule has 8 heteroatoms. The first kappa shape index (κ1) is 26.6. The third kappa shape index (κ3) is 8.33. The molecule has 7 nitrogen and oxygen atoms in total. The van der Waals surface area contributed by atoms with E-state index in [1.54, 1.807) is 36.4 Å². The van der Waals surface area contributed by atoms with Crippen LogP contribution in [0, 0.1) is 0 Å². The topological polar surface area (TPSA) is 73.9 Å². The Balaban J connectivity index is 1.51. The number of nitrogens with one attached hydrogen (secondary N) is 2. The van der Waals surface area contributed by atoms with Crippen LogP contribution in [0.5, 0.6) is 5.75 Å². The van der Waals surface area contributed by atoms with Crippen LogP contribution in [-0.4, -0.2) is 66.6 Å². The summed E-state index contributed by atoms with van der Waals surface area (Å²) < 4.78 is 5.76. The third-order valence-corrected chi connectivity index (χ3v) is 6.26. The largest absolute Gasteiger partial charge is 0.494 e. The number of piperazine rings is 1. The second-order valence-corrected chi connectivity index (χ2v) is 9.24. The lowest BCUT2D eigenvalue weighted by Crippen LogP contribution is -2.47. The van der Waals surface area contributed by atoms with E-state index in [-0.39, 0.29) is 16.9 Å². The Morgan fingerprint density at radius 1 is 0.943 bits per heavy atom. The number of amides is 2. The van der Waals surface area contributed by atoms with Crippen molar-refractivity contribution in [3.8, 4) is 5.75 Å². The second-order valence-electron chi connectivity index (χ2n) is 8.84. The highest BCUT2D eigenvalue weighted by molar-refractivity contribution is 7.80. The van der Waals surface area contributed by atoms with Crippen molar-refractivity contribution in [1.82, 2.24) is 15.1 Å². The Morgan fingerprint density at radius 3 is 2.34 bits per heavy atom. The van der Waals surface area contributed by atoms with E-state index in [1.165, 1.54) is 25.7 Å². The van der Waals surface area contributed by atoms with E-state index < -0.39 is 0 Å². The average Bonchev–Trinajstić information content (AvgIpc) is 2.87. The van der Waals surface area contributed by atoms with Crippen molar-refractivity contribution in [3.63, 3.8) is 0 Å². The number of unbranched alkanes of at least 4 members (excludes halogenated alkanes) is 4. The number of nitrogens with zero attached hydrogens (tertiary/aromatic N) is 2. The van der Waals surface area contributed by atoms with E-state index in [9.17, 15) is 9.59 Å². The molecule has 0 spiro atoms. The molecule has 1 fully saturated rings. The molecular formula is C27H36N4O3S. The van der Waals surface area contributed by atoms with Gasteiger partial charge in [-0.1, -0.05) is 44.7 Å². The molecule has 0 radical (unpaired) electrons. The van der Waals surface area contributed by atoms with Crippen molar-refractivity contribution in [1.29, 1.82) is 0 Å². The summed E-state index contributed by atoms with van der Waals surface area (Å²) in [5.74, 6) is 0.377. The molecule has 1 aliphatic heterocycles. The number of anilines is 1. The summed E-state index contributed by atoms with van der Waals surface area (Å²) in [4.78, 5) is 29.7. The molecule has 0 unspecified atom stereocenters. The van der Waals surface area contributed by atoms with Crippen LogP contribution in [0.4, 0.5) is 5.69 Å². The molecule has 2 N–H and O–H groups in total. The number of rotatable bonds is 10. The fraction of sp³-hybridized carbons (Fsp3) is 0.444. The van der Waals surface area contributed by atoms with Gasteiger partial charge in [0.1, 0.15) is 5.75 Å². The van der Waals surface area contributed by atoms with Gasteiger partial charge in [-0.05, 0) is 62.1 Å². The summed E-state index contributed by atoms with van der Waals surface area (Å²) in [5.41, 5.74) is 1.58. The van der Waals surface area contributed by atoms with Gasteiger partial charge < -0.3 is 19.9 Å². The standard InChI is InChI=1S/C27H36N4O3S/c1-3-4-5-6-9-20-34-22-14-12-21(13-15-22)25(32)29-27(35)28-24-11-8-7-10-23(24)26(33)31-18-16-30(2)17-19-31/h7-8,10-15H,3-6,9,16-20H2,1-2H3,(H2,28,29,32,35). The molecule has 1 aliphatic rings. The predicted octanol–water partition coefficient (Wildman–Crippen LogP) is 4.55. The lowest BCUT2D eigenvalue weighted by atomic mass is 10.1. The first-order valence-corrected chi connectivity index (χ1v) is 12.8. The van der Waals surface area contributed by atoms with Gasteiger partial charge in [0.25, 0.3) is 11.8 Å². The highest BCUT2D eigenvalue weighted by atomic mass is 32.1. The Labute approximate surface area is 213 Å². The first-order valence-electron chi connectivity index (χ1n) is 12.4. The van der Waals surface area contributed by atoms with Gasteiger partial charge in [0.2, 0.25) is 0 Å². The molecular weight excluding hydrogens is 460 g/mol. The number of benzene rings is 2. The minimum Gasteiger partial charge on any atom is -0.494 e. The maximum Gasteiger partial charge on any atom is 0.257 e. The number of para-hydroxylation sites is 1. The fourth-order valence-corrected chi connectivity index (χ4v) is 4.09. The van der Waals surface area contributed by atoms with Crippen molar-refractivity contribution >= 4 is 34.8 Å². The zero-order valence-electron chi connectivity index (χ0n) is 20.7. The van der Waals surface area contributed by atoms with Crippen molar-refractivity contribution in [2.75, 3.05) is 45.2 Å². The highest BCUT2D eigenvalue weighted by Gasteiger charge is 2.22. The predicted molar refractivity (Wildman–Crippen MR) is 144 cm³/mol. The summed E-state index contributed by atoms with van der Waals surface area (Å²) in [6.45, 7) is 5.94. The molecule has 0 aromatic heterocycles. The summed E-state index contributed by atoms with van der Waals surface area (Å²) in [5, 5.41) is 5.85. The molecule has 2 aromatic rings. The van der Waals surface area contributed by atoms with E-state index in [0.29, 0.717) is 36.5 Å². The maximum absolute atomic E-state index is 13.0. The van der Waals surface area contributed by atoms with Gasteiger partial charge in [-0.15, -0.1) is 0 Å². The number of likely N-dealkylation sites (N-methyl/N-ethyl adjacent to an activating group) is 1. The van der Waals surface area contributed by atoms with E-state index >= 15 is 0 Å². The maximum atomic E-state index is 13.0. The molecule has 188 valence electrons. The van der Waals surface area contributed by atoms with Crippen molar-refractivity contribution in [3.05, 3.63) is 59.7 Å². The summed E-state index contributed by atoms with van der Waals surface area (Å²) >= 11 is 5.36. The number of carbonyl (C=O) groups excluding carboxylic acids is 2. The third-order valence-electron chi connectivity index (χ3n) is 6.06. The van der Waals surface area contributed by atoms with E-state index in [2.05, 4.69) is 29.5 Å². The Bertz CT molecular complexity index is 988. The molecule has 0 saturated carbocycles. The summed E-state index contributed by atoms with van der Waals surface area (Å²) in [6.07, 6.45) is 5.93. The van der Waals surface area contributed by atoms with Crippen molar-refractivity contribution in [2.24, 2.45) is 0 Å². The molecule has 3 rings (SSSR count). The zero-order valence-corrected chi connectivity index (χ0v) is 21.5. The minimum absolute atomic E-state index is 0.0451. The minimum atomic E-state index is -0.323. The van der Waals surface area contributed by atoms with Gasteiger partial charge in [0.05, 0.1) is 17.9 Å². The number of hydrogen-bond donors (Lipinski definition) is 2. The zero-order chi connectivity index (χ0) is 25.0. The average molecular weight is 497 g/mol. The lowest BCUT2D eigenvalue weighted by molar-refractivity contribution is 0.0665. The first-order chi connectivity index (χ1) is 17.0. The van der Waals surface area contributed by atoms with Crippen LogP contribution < -0.4 is 15.4 Å². The number of thiocarbonyl (C=S) groups is 1. The summed E-state index contributed by atoms with van der Waals surface area (Å²) in [7, 11) is 2.05. The molecule has 2 amide bonds. The van der Waals surface area contributed by atoms with Gasteiger partial charge in [-0.3, -0.25) is 14.9 Å². The van der Waals surface area contributed by atoms with E-state index in [1.807, 2.05) is 17.0 Å². The summed E-state index contributed by atoms with van der Waals surface area (Å²) in [6, 6.07) is 14.2. The normalized spacial score (nSPS) is 13.8. The van der Waals surface area contributed by atoms with Crippen LogP contribution in [-0.2, 0) is 0 Å². The van der Waals surface area contributed by atoms with Gasteiger partial charge in [0.15, 0.2) is 5.11 Å². The van der Waals surface area contributed by atoms with Crippen LogP contribution >= 0.6 is 12.2 Å². The van der Waals surface area contributed by atoms with Gasteiger partial charge in [0, 0.05) is 31.7 Å². The second kappa shape index (κ2) is 13.8. The molecule has 35 heavy (non-hydrogen) atoms. The van der Waals surface area contributed by atoms with Crippen LogP contribution in [0.1, 0.15) is 59.7 Å². The number of ether oxygens (including phenoxy) is 1. The smallest absolute Gasteiger partial charge is 0.257 e. The Morgan fingerprint density at radius 2 is 1.63 bits per heavy atom. The fourth-order valence-electron chi connectivity index (χ4n) is 3.89. The molecule has 2 aromatic carbocycles. The van der Waals surface area contributed by atoms with E-state index in [4.69, 9.17) is 17.0 Å². The van der Waals surface area contributed by atoms with E-state index in [0.717, 1.165) is 25.3 Å². The Hall–Kier alpha value is -2.97. The molecule has 0 atom stereocenters. The van der Waals surface area contributed by atoms with Crippen molar-refractivity contribution in [2.45, 2.75) is 39.0 Å². The van der Waals surface area contributed by atoms with Gasteiger partial charge in [-0.2, -0.15) is 0 Å². The SMILES string of the molecule is CCCCCCCOc1ccc(C(=O)NC(=S)Nc2ccccc2C(=O)N2CCN(C)CC2)cc1. The molecule has 1 heterocycles. The number of hydrogen-bond acceptors (Lipinski definition) is 5. The Kier molecular flexibility index (Phi) is 10.5. The number of carbonyl (C=O) groups is 2. The molecule has 0 aliphatic carbocycles. The van der Waals surface area contributed by atoms with Crippen LogP contribution in [0.15, 0.2) is 48.5 Å². The molecule has 0 bridgehead atoms. The highest BCUT2D eigenvalue weighted by Crippen LogP contribution is 2.19. The van der Waals surface area contributed by atoms with Crippen LogP contribution in [0.3, 0.4) is 0 Å². The lowest BCUT2D eigenvalue weighted by Gasteiger charge is -2.32. The molecule has 1 saturated heterocycles. The van der Waals surface area contributed by atoms with Crippen LogP contribution in [0.25, 0.3) is 0 Å². The quantitative estimate of drug-likeness (QED) is 0.371. The van der Waals surface area contributed by atoms with Crippen LogP contribution in [0.2, 0.25) is 0 Å². The monoisotopic (exact) mass is 496 g/mol. The van der Waals surface area contributed by atoms with Crippen molar-refractivity contribution < 1.29 is 14.3 Å². The van der Waals surface area contributed by atoms with Gasteiger partial charge in [-0.25, -0.2) is 0 Å².